The lowest BCUT2D eigenvalue weighted by Gasteiger charge is -2.29. The van der Waals surface area contributed by atoms with Crippen molar-refractivity contribution in [2.24, 2.45) is 5.92 Å². The second-order valence-electron chi connectivity index (χ2n) is 6.74. The summed E-state index contributed by atoms with van der Waals surface area (Å²) in [5.41, 5.74) is -0.168. The van der Waals surface area contributed by atoms with Gasteiger partial charge in [-0.25, -0.2) is 0 Å². The van der Waals surface area contributed by atoms with Gasteiger partial charge in [-0.1, -0.05) is 24.3 Å². The van der Waals surface area contributed by atoms with E-state index in [-0.39, 0.29) is 18.4 Å². The van der Waals surface area contributed by atoms with Crippen LogP contribution in [0.1, 0.15) is 30.4 Å². The first-order chi connectivity index (χ1) is 11.8. The van der Waals surface area contributed by atoms with Crippen molar-refractivity contribution in [2.45, 2.75) is 32.0 Å². The molecule has 1 aromatic rings. The van der Waals surface area contributed by atoms with Crippen molar-refractivity contribution < 1.29 is 18.0 Å². The van der Waals surface area contributed by atoms with Gasteiger partial charge < -0.3 is 9.80 Å². The molecule has 25 heavy (non-hydrogen) atoms. The number of allylic oxidation sites excluding steroid dienone is 2. The third-order valence-electron chi connectivity index (χ3n) is 4.37. The molecular weight excluding hydrogens is 329 g/mol. The lowest BCUT2D eigenvalue weighted by atomic mass is 9.93. The van der Waals surface area contributed by atoms with Gasteiger partial charge in [-0.3, -0.25) is 4.79 Å². The quantitative estimate of drug-likeness (QED) is 0.722. The van der Waals surface area contributed by atoms with Gasteiger partial charge in [0.1, 0.15) is 0 Å². The summed E-state index contributed by atoms with van der Waals surface area (Å²) in [6.45, 7) is 1.38. The zero-order valence-corrected chi connectivity index (χ0v) is 14.7. The van der Waals surface area contributed by atoms with Crippen LogP contribution in [0.4, 0.5) is 13.2 Å². The highest BCUT2D eigenvalue weighted by Gasteiger charge is 2.31. The molecule has 0 spiro atoms. The van der Waals surface area contributed by atoms with E-state index in [0.29, 0.717) is 25.1 Å². The van der Waals surface area contributed by atoms with Crippen molar-refractivity contribution >= 4 is 5.91 Å². The summed E-state index contributed by atoms with van der Waals surface area (Å²) in [6, 6.07) is 5.24. The molecule has 1 aliphatic carbocycles. The fourth-order valence-electron chi connectivity index (χ4n) is 2.93. The van der Waals surface area contributed by atoms with Crippen molar-refractivity contribution in [1.29, 1.82) is 0 Å². The van der Waals surface area contributed by atoms with Crippen LogP contribution in [0.15, 0.2) is 36.4 Å². The molecule has 0 bridgehead atoms. The van der Waals surface area contributed by atoms with E-state index in [1.54, 1.807) is 11.0 Å². The number of nitrogens with zero attached hydrogens (tertiary/aromatic N) is 2. The summed E-state index contributed by atoms with van der Waals surface area (Å²) in [6.07, 6.45) is 2.10. The summed E-state index contributed by atoms with van der Waals surface area (Å²) in [5, 5.41) is 0. The fraction of sp³-hybridized carbons (Fsp3) is 0.526. The molecule has 138 valence electrons. The predicted octanol–water partition coefficient (Wildman–Crippen LogP) is 3.95. The Bertz CT molecular complexity index is 611. The summed E-state index contributed by atoms with van der Waals surface area (Å²) < 4.78 is 38.7. The van der Waals surface area contributed by atoms with Crippen LogP contribution in [0.5, 0.6) is 0 Å². The van der Waals surface area contributed by atoms with Crippen LogP contribution in [0, 0.1) is 5.92 Å². The normalized spacial score (nSPS) is 17.8. The average molecular weight is 354 g/mol. The van der Waals surface area contributed by atoms with Crippen LogP contribution in [0.25, 0.3) is 0 Å². The zero-order valence-electron chi connectivity index (χ0n) is 14.7. The van der Waals surface area contributed by atoms with E-state index in [9.17, 15) is 18.0 Å². The van der Waals surface area contributed by atoms with Crippen LogP contribution in [-0.2, 0) is 17.5 Å². The maximum atomic E-state index is 12.9. The Balaban J connectivity index is 2.15. The van der Waals surface area contributed by atoms with Crippen LogP contribution >= 0.6 is 0 Å². The first-order valence-corrected chi connectivity index (χ1v) is 8.52. The first-order valence-electron chi connectivity index (χ1n) is 8.52. The molecule has 1 unspecified atom stereocenters. The maximum absolute atomic E-state index is 12.9. The van der Waals surface area contributed by atoms with Gasteiger partial charge in [0.15, 0.2) is 0 Å². The molecule has 1 aliphatic rings. The maximum Gasteiger partial charge on any atom is 0.416 e. The fourth-order valence-corrected chi connectivity index (χ4v) is 2.93. The van der Waals surface area contributed by atoms with Crippen molar-refractivity contribution in [2.75, 3.05) is 27.2 Å². The Hall–Kier alpha value is -1.82. The van der Waals surface area contributed by atoms with Gasteiger partial charge in [0.05, 0.1) is 5.56 Å². The van der Waals surface area contributed by atoms with Crippen LogP contribution in [0.3, 0.4) is 0 Å². The van der Waals surface area contributed by atoms with Crippen molar-refractivity contribution in [3.05, 3.63) is 47.5 Å². The largest absolute Gasteiger partial charge is 0.416 e. The molecule has 0 radical (unpaired) electrons. The van der Waals surface area contributed by atoms with Crippen molar-refractivity contribution in [3.8, 4) is 0 Å². The third kappa shape index (κ3) is 5.88. The minimum Gasteiger partial charge on any atom is -0.337 e. The first kappa shape index (κ1) is 19.5. The van der Waals surface area contributed by atoms with Crippen molar-refractivity contribution in [3.63, 3.8) is 0 Å². The highest BCUT2D eigenvalue weighted by Crippen LogP contribution is 2.30. The van der Waals surface area contributed by atoms with E-state index in [1.165, 1.54) is 6.07 Å². The standard InChI is InChI=1S/C19H25F3N2O/c1-23(2)11-12-24(18(25)16-8-4-3-5-9-16)14-15-7-6-10-17(13-15)19(20,21)22/h3-4,6-7,10,13,16H,5,8-9,11-12,14H2,1-2H3. The van der Waals surface area contributed by atoms with Crippen LogP contribution in [-0.4, -0.2) is 42.9 Å². The average Bonchev–Trinajstić information content (AvgIpc) is 2.58. The van der Waals surface area contributed by atoms with Gasteiger partial charge in [0.25, 0.3) is 0 Å². The Labute approximate surface area is 147 Å². The zero-order chi connectivity index (χ0) is 18.4. The van der Waals surface area contributed by atoms with Crippen LogP contribution in [0.2, 0.25) is 0 Å². The van der Waals surface area contributed by atoms with E-state index in [4.69, 9.17) is 0 Å². The number of carbonyl (C=O) groups excluding carboxylic acids is 1. The molecule has 0 fully saturated rings. The summed E-state index contributed by atoms with van der Waals surface area (Å²) >= 11 is 0. The van der Waals surface area contributed by atoms with Gasteiger partial charge in [-0.05, 0) is 51.1 Å². The number of halogens is 3. The highest BCUT2D eigenvalue weighted by molar-refractivity contribution is 5.79. The lowest BCUT2D eigenvalue weighted by Crippen LogP contribution is -2.40. The van der Waals surface area contributed by atoms with E-state index >= 15 is 0 Å². The minimum absolute atomic E-state index is 0.0311. The van der Waals surface area contributed by atoms with Gasteiger partial charge in [0, 0.05) is 25.6 Å². The Morgan fingerprint density at radius 1 is 1.20 bits per heavy atom. The number of alkyl halides is 3. The van der Waals surface area contributed by atoms with E-state index in [2.05, 4.69) is 6.08 Å². The molecule has 0 saturated heterocycles. The Morgan fingerprint density at radius 2 is 1.96 bits per heavy atom. The SMILES string of the molecule is CN(C)CCN(Cc1cccc(C(F)(F)F)c1)C(=O)C1CC=CCC1. The van der Waals surface area contributed by atoms with E-state index < -0.39 is 11.7 Å². The third-order valence-corrected chi connectivity index (χ3v) is 4.37. The molecule has 1 atom stereocenters. The molecule has 2 rings (SSSR count). The van der Waals surface area contributed by atoms with Crippen molar-refractivity contribution in [1.82, 2.24) is 9.80 Å². The lowest BCUT2D eigenvalue weighted by molar-refractivity contribution is -0.137. The number of amides is 1. The van der Waals surface area contributed by atoms with Crippen LogP contribution < -0.4 is 0 Å². The summed E-state index contributed by atoms with van der Waals surface area (Å²) in [7, 11) is 3.83. The monoisotopic (exact) mass is 354 g/mol. The number of carbonyl (C=O) groups is 1. The molecule has 0 saturated carbocycles. The molecule has 1 amide bonds. The second kappa shape index (κ2) is 8.52. The Kier molecular flexibility index (Phi) is 6.64. The number of benzene rings is 1. The summed E-state index contributed by atoms with van der Waals surface area (Å²) in [4.78, 5) is 16.5. The predicted molar refractivity (Wildman–Crippen MR) is 91.9 cm³/mol. The molecule has 0 N–H and O–H groups in total. The molecule has 6 heteroatoms. The number of rotatable bonds is 6. The number of likely N-dealkylation sites (N-methyl/N-ethyl adjacent to an activating group) is 1. The Morgan fingerprint density at radius 3 is 2.56 bits per heavy atom. The molecule has 0 aromatic heterocycles. The minimum atomic E-state index is -4.37. The van der Waals surface area contributed by atoms with Gasteiger partial charge in [-0.2, -0.15) is 13.2 Å². The second-order valence-corrected chi connectivity index (χ2v) is 6.74. The topological polar surface area (TPSA) is 23.6 Å². The number of hydrogen-bond donors (Lipinski definition) is 0. The highest BCUT2D eigenvalue weighted by atomic mass is 19.4. The smallest absolute Gasteiger partial charge is 0.337 e. The molecule has 0 aliphatic heterocycles. The summed E-state index contributed by atoms with van der Waals surface area (Å²) in [5.74, 6) is -0.0402. The van der Waals surface area contributed by atoms with E-state index in [0.717, 1.165) is 25.0 Å². The van der Waals surface area contributed by atoms with E-state index in [1.807, 2.05) is 25.1 Å². The molecular formula is C19H25F3N2O. The van der Waals surface area contributed by atoms with Gasteiger partial charge >= 0.3 is 6.18 Å². The molecule has 3 nitrogen and oxygen atoms in total. The molecule has 0 heterocycles. The van der Waals surface area contributed by atoms with Gasteiger partial charge in [0.2, 0.25) is 5.91 Å². The molecule has 1 aromatic carbocycles. The van der Waals surface area contributed by atoms with Gasteiger partial charge in [-0.15, -0.1) is 0 Å². The number of hydrogen-bond acceptors (Lipinski definition) is 2.